The number of rotatable bonds is 9. The van der Waals surface area contributed by atoms with Gasteiger partial charge in [-0.1, -0.05) is 26.0 Å². The number of isothiocyanates is 1. The quantitative estimate of drug-likeness (QED) is 0.298. The highest BCUT2D eigenvalue weighted by Gasteiger charge is 2.20. The summed E-state index contributed by atoms with van der Waals surface area (Å²) < 4.78 is 7.90. The Hall–Kier alpha value is -2.24. The molecular formula is C23H29ClN4OS. The number of hydrogen-bond donors (Lipinski definition) is 0. The van der Waals surface area contributed by atoms with E-state index in [1.807, 2.05) is 31.2 Å². The minimum Gasteiger partial charge on any atom is -0.494 e. The molecule has 0 bridgehead atoms. The molecule has 0 saturated carbocycles. The van der Waals surface area contributed by atoms with Crippen LogP contribution < -0.4 is 4.74 Å². The zero-order chi connectivity index (χ0) is 20.8. The first-order chi connectivity index (χ1) is 14.1. The SMILES string of the molecule is CCOc1ccc(Cc2nc3cc(N=C=S)ccc3n2C(C)N(CC)CC)cc1.Cl. The fourth-order valence-corrected chi connectivity index (χ4v) is 3.87. The van der Waals surface area contributed by atoms with Crippen LogP contribution in [0.1, 0.15) is 45.2 Å². The average Bonchev–Trinajstić information content (AvgIpc) is 3.07. The number of nitrogens with zero attached hydrogens (tertiary/aromatic N) is 4. The predicted molar refractivity (Wildman–Crippen MR) is 130 cm³/mol. The molecule has 30 heavy (non-hydrogen) atoms. The molecule has 3 aromatic rings. The second-order valence-corrected chi connectivity index (χ2v) is 7.06. The number of imidazole rings is 1. The second-order valence-electron chi connectivity index (χ2n) is 6.88. The largest absolute Gasteiger partial charge is 0.494 e. The predicted octanol–water partition coefficient (Wildman–Crippen LogP) is 6.04. The number of halogens is 1. The minimum atomic E-state index is 0. The Balaban J connectivity index is 0.00000320. The summed E-state index contributed by atoms with van der Waals surface area (Å²) >= 11 is 4.75. The Morgan fingerprint density at radius 3 is 2.43 bits per heavy atom. The molecule has 0 aliphatic carbocycles. The number of ether oxygens (including phenoxy) is 1. The van der Waals surface area contributed by atoms with Crippen LogP contribution in [0.5, 0.6) is 5.75 Å². The molecule has 1 atom stereocenters. The average molecular weight is 445 g/mol. The van der Waals surface area contributed by atoms with Gasteiger partial charge >= 0.3 is 0 Å². The van der Waals surface area contributed by atoms with Crippen LogP contribution in [0.15, 0.2) is 47.5 Å². The molecular weight excluding hydrogens is 416 g/mol. The first-order valence-corrected chi connectivity index (χ1v) is 10.6. The van der Waals surface area contributed by atoms with Gasteiger partial charge in [0.2, 0.25) is 0 Å². The summed E-state index contributed by atoms with van der Waals surface area (Å²) in [6.45, 7) is 11.2. The van der Waals surface area contributed by atoms with Crippen LogP contribution in [0, 0.1) is 0 Å². The number of benzene rings is 2. The summed E-state index contributed by atoms with van der Waals surface area (Å²) in [7, 11) is 0. The van der Waals surface area contributed by atoms with Crippen molar-refractivity contribution in [3.63, 3.8) is 0 Å². The van der Waals surface area contributed by atoms with Crippen molar-refractivity contribution in [3.8, 4) is 5.75 Å². The van der Waals surface area contributed by atoms with Crippen LogP contribution in [0.25, 0.3) is 11.0 Å². The van der Waals surface area contributed by atoms with E-state index in [0.717, 1.165) is 47.8 Å². The number of aromatic nitrogens is 2. The highest BCUT2D eigenvalue weighted by Crippen LogP contribution is 2.28. The van der Waals surface area contributed by atoms with Gasteiger partial charge in [-0.15, -0.1) is 12.4 Å². The van der Waals surface area contributed by atoms with E-state index >= 15 is 0 Å². The summed E-state index contributed by atoms with van der Waals surface area (Å²) in [4.78, 5) is 11.5. The van der Waals surface area contributed by atoms with Crippen LogP contribution in [0.3, 0.4) is 0 Å². The Labute approximate surface area is 190 Å². The third-order valence-electron chi connectivity index (χ3n) is 5.23. The zero-order valence-corrected chi connectivity index (χ0v) is 19.6. The fraction of sp³-hybridized carbons (Fsp3) is 0.391. The molecule has 5 nitrogen and oxygen atoms in total. The molecule has 1 heterocycles. The summed E-state index contributed by atoms with van der Waals surface area (Å²) in [5.41, 5.74) is 4.01. The highest BCUT2D eigenvalue weighted by atomic mass is 35.5. The first-order valence-electron chi connectivity index (χ1n) is 10.2. The van der Waals surface area contributed by atoms with Gasteiger partial charge in [-0.25, -0.2) is 4.98 Å². The third kappa shape index (κ3) is 5.27. The monoisotopic (exact) mass is 444 g/mol. The Bertz CT molecular complexity index is 1010. The lowest BCUT2D eigenvalue weighted by Gasteiger charge is -2.29. The van der Waals surface area contributed by atoms with Gasteiger partial charge in [0.05, 0.1) is 34.7 Å². The molecule has 0 amide bonds. The number of aliphatic imine (C=N–C) groups is 1. The van der Waals surface area contributed by atoms with E-state index in [4.69, 9.17) is 21.9 Å². The molecule has 0 saturated heterocycles. The smallest absolute Gasteiger partial charge is 0.119 e. The van der Waals surface area contributed by atoms with Crippen molar-refractivity contribution in [2.75, 3.05) is 19.7 Å². The van der Waals surface area contributed by atoms with Gasteiger partial charge < -0.3 is 9.30 Å². The van der Waals surface area contributed by atoms with E-state index in [-0.39, 0.29) is 18.6 Å². The summed E-state index contributed by atoms with van der Waals surface area (Å²) in [5, 5.41) is 2.44. The Kier molecular flexibility index (Phi) is 9.00. The van der Waals surface area contributed by atoms with E-state index < -0.39 is 0 Å². The standard InChI is InChI=1S/C23H28N4OS.ClH/c1-5-26(6-2)17(4)27-22-13-10-19(24-16-29)15-21(22)25-23(27)14-18-8-11-20(12-9-18)28-7-3;/h8-13,15,17H,5-7,14H2,1-4H3;1H. The summed E-state index contributed by atoms with van der Waals surface area (Å²) in [6.07, 6.45) is 0.950. The summed E-state index contributed by atoms with van der Waals surface area (Å²) in [6, 6.07) is 14.3. The lowest BCUT2D eigenvalue weighted by Crippen LogP contribution is -2.31. The van der Waals surface area contributed by atoms with E-state index in [9.17, 15) is 0 Å². The highest BCUT2D eigenvalue weighted by molar-refractivity contribution is 7.78. The molecule has 2 aromatic carbocycles. The molecule has 0 spiro atoms. The Morgan fingerprint density at radius 2 is 1.83 bits per heavy atom. The van der Waals surface area contributed by atoms with Gasteiger partial charge in [-0.2, -0.15) is 4.99 Å². The van der Waals surface area contributed by atoms with Crippen LogP contribution in [-0.4, -0.2) is 39.3 Å². The lowest BCUT2D eigenvalue weighted by molar-refractivity contribution is 0.173. The molecule has 0 aliphatic heterocycles. The van der Waals surface area contributed by atoms with Crippen molar-refractivity contribution < 1.29 is 4.74 Å². The van der Waals surface area contributed by atoms with E-state index in [0.29, 0.717) is 6.61 Å². The van der Waals surface area contributed by atoms with Crippen molar-refractivity contribution >= 4 is 46.5 Å². The van der Waals surface area contributed by atoms with Crippen molar-refractivity contribution in [2.45, 2.75) is 40.3 Å². The van der Waals surface area contributed by atoms with Gasteiger partial charge in [0.25, 0.3) is 0 Å². The fourth-order valence-electron chi connectivity index (χ4n) is 3.77. The molecule has 3 rings (SSSR count). The van der Waals surface area contributed by atoms with Crippen LogP contribution >= 0.6 is 24.6 Å². The van der Waals surface area contributed by atoms with E-state index in [2.05, 4.69) is 58.6 Å². The van der Waals surface area contributed by atoms with Crippen LogP contribution in [0.4, 0.5) is 5.69 Å². The maximum Gasteiger partial charge on any atom is 0.119 e. The molecule has 1 unspecified atom stereocenters. The first kappa shape index (κ1) is 24.0. The molecule has 0 aliphatic rings. The van der Waals surface area contributed by atoms with Crippen LogP contribution in [0.2, 0.25) is 0 Å². The van der Waals surface area contributed by atoms with Gasteiger partial charge in [-0.05, 0) is 75.1 Å². The van der Waals surface area contributed by atoms with Crippen molar-refractivity contribution in [1.82, 2.24) is 14.5 Å². The van der Waals surface area contributed by atoms with Gasteiger partial charge in [0.1, 0.15) is 11.6 Å². The lowest BCUT2D eigenvalue weighted by atomic mass is 10.1. The number of hydrogen-bond acceptors (Lipinski definition) is 5. The summed E-state index contributed by atoms with van der Waals surface area (Å²) in [5.74, 6) is 1.93. The Morgan fingerprint density at radius 1 is 1.13 bits per heavy atom. The van der Waals surface area contributed by atoms with Gasteiger partial charge in [0, 0.05) is 6.42 Å². The maximum atomic E-state index is 5.57. The molecule has 7 heteroatoms. The number of thiocarbonyl (C=S) groups is 1. The molecule has 0 N–H and O–H groups in total. The molecule has 1 aromatic heterocycles. The topological polar surface area (TPSA) is 42.7 Å². The third-order valence-corrected chi connectivity index (χ3v) is 5.32. The van der Waals surface area contributed by atoms with Crippen LogP contribution in [-0.2, 0) is 6.42 Å². The van der Waals surface area contributed by atoms with Crippen molar-refractivity contribution in [1.29, 1.82) is 0 Å². The molecule has 160 valence electrons. The maximum absolute atomic E-state index is 5.57. The zero-order valence-electron chi connectivity index (χ0n) is 18.0. The normalized spacial score (nSPS) is 11.8. The van der Waals surface area contributed by atoms with E-state index in [1.54, 1.807) is 0 Å². The van der Waals surface area contributed by atoms with Gasteiger partial charge in [-0.3, -0.25) is 4.90 Å². The van der Waals surface area contributed by atoms with Gasteiger partial charge in [0.15, 0.2) is 0 Å². The van der Waals surface area contributed by atoms with Crippen molar-refractivity contribution in [2.24, 2.45) is 4.99 Å². The number of fused-ring (bicyclic) bond motifs is 1. The molecule has 0 radical (unpaired) electrons. The minimum absolute atomic E-state index is 0. The molecule has 0 fully saturated rings. The van der Waals surface area contributed by atoms with E-state index in [1.165, 1.54) is 5.56 Å². The second kappa shape index (κ2) is 11.2. The van der Waals surface area contributed by atoms with Crippen molar-refractivity contribution in [3.05, 3.63) is 53.9 Å².